The van der Waals surface area contributed by atoms with Gasteiger partial charge in [-0.25, -0.2) is 0 Å². The number of rotatable bonds is 5. The highest BCUT2D eigenvalue weighted by Gasteiger charge is 2.22. The molecule has 3 rings (SSSR count). The van der Waals surface area contributed by atoms with Gasteiger partial charge in [-0.2, -0.15) is 0 Å². The molecule has 1 aliphatic rings. The minimum Gasteiger partial charge on any atom is -0.497 e. The van der Waals surface area contributed by atoms with Crippen LogP contribution in [0, 0.1) is 19.8 Å². The summed E-state index contributed by atoms with van der Waals surface area (Å²) in [6, 6.07) is 14.5. The van der Waals surface area contributed by atoms with E-state index in [-0.39, 0.29) is 0 Å². The molecule has 0 bridgehead atoms. The lowest BCUT2D eigenvalue weighted by Gasteiger charge is -2.19. The molecule has 3 N–H and O–H groups in total. The molecule has 0 radical (unpaired) electrons. The lowest BCUT2D eigenvalue weighted by Crippen LogP contribution is -2.25. The highest BCUT2D eigenvalue weighted by Crippen LogP contribution is 2.27. The molecular weight excluding hydrogens is 324 g/mol. The van der Waals surface area contributed by atoms with E-state index in [4.69, 9.17) is 10.5 Å². The number of benzene rings is 2. The first-order valence-electron chi connectivity index (χ1n) is 9.08. The molecule has 0 aliphatic carbocycles. The second-order valence-corrected chi connectivity index (χ2v) is 7.03. The third-order valence-corrected chi connectivity index (χ3v) is 4.72. The first-order chi connectivity index (χ1) is 12.5. The number of nitrogens with two attached hydrogens (primary N) is 1. The van der Waals surface area contributed by atoms with Crippen LogP contribution in [0.25, 0.3) is 0 Å². The van der Waals surface area contributed by atoms with Crippen molar-refractivity contribution in [1.82, 2.24) is 0 Å². The lowest BCUT2D eigenvalue weighted by atomic mass is 10.1. The Morgan fingerprint density at radius 1 is 1.23 bits per heavy atom. The van der Waals surface area contributed by atoms with Crippen LogP contribution in [0.2, 0.25) is 0 Å². The summed E-state index contributed by atoms with van der Waals surface area (Å²) < 4.78 is 5.32. The van der Waals surface area contributed by atoms with Crippen molar-refractivity contribution in [3.05, 3.63) is 53.6 Å². The average Bonchev–Trinajstić information content (AvgIpc) is 3.08. The normalized spacial score (nSPS) is 17.4. The van der Waals surface area contributed by atoms with Gasteiger partial charge in [-0.15, -0.1) is 0 Å². The summed E-state index contributed by atoms with van der Waals surface area (Å²) in [4.78, 5) is 6.94. The van der Waals surface area contributed by atoms with E-state index in [1.807, 2.05) is 12.1 Å². The number of methoxy groups -OCH3 is 1. The van der Waals surface area contributed by atoms with Crippen LogP contribution >= 0.6 is 0 Å². The Kier molecular flexibility index (Phi) is 5.66. The van der Waals surface area contributed by atoms with Gasteiger partial charge in [0, 0.05) is 37.1 Å². The van der Waals surface area contributed by atoms with Crippen LogP contribution < -0.4 is 20.7 Å². The number of hydrogen-bond donors (Lipinski definition) is 2. The van der Waals surface area contributed by atoms with Gasteiger partial charge in [0.05, 0.1) is 7.11 Å². The zero-order valence-electron chi connectivity index (χ0n) is 15.8. The number of ether oxygens (including phenoxy) is 1. The maximum Gasteiger partial charge on any atom is 0.193 e. The molecule has 1 fully saturated rings. The zero-order valence-corrected chi connectivity index (χ0v) is 15.8. The highest BCUT2D eigenvalue weighted by atomic mass is 16.5. The molecule has 1 saturated heterocycles. The molecule has 138 valence electrons. The molecule has 2 aromatic carbocycles. The van der Waals surface area contributed by atoms with Crippen molar-refractivity contribution in [2.45, 2.75) is 20.3 Å². The first kappa shape index (κ1) is 18.1. The Morgan fingerprint density at radius 2 is 2.00 bits per heavy atom. The van der Waals surface area contributed by atoms with Gasteiger partial charge in [0.2, 0.25) is 0 Å². The minimum absolute atomic E-state index is 0.481. The molecule has 2 aromatic rings. The van der Waals surface area contributed by atoms with Gasteiger partial charge in [-0.1, -0.05) is 12.1 Å². The highest BCUT2D eigenvalue weighted by molar-refractivity contribution is 5.92. The van der Waals surface area contributed by atoms with Gasteiger partial charge in [-0.05, 0) is 61.6 Å². The maximum absolute atomic E-state index is 6.08. The number of anilines is 2. The van der Waals surface area contributed by atoms with Crippen molar-refractivity contribution in [2.24, 2.45) is 16.6 Å². The molecule has 1 heterocycles. The number of hydrogen-bond acceptors (Lipinski definition) is 3. The van der Waals surface area contributed by atoms with Crippen molar-refractivity contribution in [3.8, 4) is 5.75 Å². The van der Waals surface area contributed by atoms with E-state index in [1.165, 1.54) is 16.8 Å². The summed E-state index contributed by atoms with van der Waals surface area (Å²) in [6.45, 7) is 6.93. The molecule has 5 nitrogen and oxygen atoms in total. The van der Waals surface area contributed by atoms with E-state index in [0.29, 0.717) is 11.9 Å². The smallest absolute Gasteiger partial charge is 0.193 e. The third kappa shape index (κ3) is 4.69. The van der Waals surface area contributed by atoms with E-state index >= 15 is 0 Å². The molecule has 26 heavy (non-hydrogen) atoms. The maximum atomic E-state index is 6.08. The molecule has 0 amide bonds. The van der Waals surface area contributed by atoms with Gasteiger partial charge in [0.15, 0.2) is 5.96 Å². The summed E-state index contributed by atoms with van der Waals surface area (Å²) in [5.41, 5.74) is 10.7. The number of nitrogens with one attached hydrogen (secondary N) is 1. The monoisotopic (exact) mass is 352 g/mol. The Balaban J connectivity index is 1.55. The van der Waals surface area contributed by atoms with Gasteiger partial charge in [0.1, 0.15) is 5.75 Å². The third-order valence-electron chi connectivity index (χ3n) is 4.72. The lowest BCUT2D eigenvalue weighted by molar-refractivity contribution is 0.415. The van der Waals surface area contributed by atoms with Gasteiger partial charge in [-0.3, -0.25) is 4.99 Å². The Morgan fingerprint density at radius 3 is 2.73 bits per heavy atom. The Hall–Kier alpha value is -2.69. The van der Waals surface area contributed by atoms with Crippen molar-refractivity contribution in [2.75, 3.05) is 37.0 Å². The molecule has 5 heteroatoms. The van der Waals surface area contributed by atoms with E-state index < -0.39 is 0 Å². The van der Waals surface area contributed by atoms with E-state index in [0.717, 1.165) is 37.5 Å². The topological polar surface area (TPSA) is 62.9 Å². The molecule has 0 spiro atoms. The number of aliphatic imine (C=N–C) groups is 1. The molecule has 0 saturated carbocycles. The average molecular weight is 352 g/mol. The van der Waals surface area contributed by atoms with Gasteiger partial charge in [0.25, 0.3) is 0 Å². The molecule has 1 atom stereocenters. The number of nitrogens with zero attached hydrogens (tertiary/aromatic N) is 2. The molecule has 1 aliphatic heterocycles. The Bertz CT molecular complexity index is 767. The SMILES string of the molecule is COc1cccc(N2CCC(CN=C(N)Nc3cc(C)cc(C)c3)C2)c1. The molecule has 0 aromatic heterocycles. The largest absolute Gasteiger partial charge is 0.497 e. The quantitative estimate of drug-likeness (QED) is 0.638. The summed E-state index contributed by atoms with van der Waals surface area (Å²) in [6.07, 6.45) is 1.12. The predicted octanol–water partition coefficient (Wildman–Crippen LogP) is 3.57. The van der Waals surface area contributed by atoms with Crippen LogP contribution in [0.1, 0.15) is 17.5 Å². The van der Waals surface area contributed by atoms with Crippen LogP contribution in [0.5, 0.6) is 5.75 Å². The van der Waals surface area contributed by atoms with Gasteiger partial charge >= 0.3 is 0 Å². The fourth-order valence-corrected chi connectivity index (χ4v) is 3.49. The van der Waals surface area contributed by atoms with Gasteiger partial charge < -0.3 is 20.7 Å². The number of aryl methyl sites for hydroxylation is 2. The van der Waals surface area contributed by atoms with Crippen molar-refractivity contribution in [1.29, 1.82) is 0 Å². The van der Waals surface area contributed by atoms with Crippen LogP contribution in [0.3, 0.4) is 0 Å². The fraction of sp³-hybridized carbons (Fsp3) is 0.381. The van der Waals surface area contributed by atoms with Crippen molar-refractivity contribution >= 4 is 17.3 Å². The second kappa shape index (κ2) is 8.13. The second-order valence-electron chi connectivity index (χ2n) is 7.03. The first-order valence-corrected chi connectivity index (χ1v) is 9.08. The van der Waals surface area contributed by atoms with E-state index in [1.54, 1.807) is 7.11 Å². The van der Waals surface area contributed by atoms with Crippen LogP contribution in [0.15, 0.2) is 47.5 Å². The standard InChI is InChI=1S/C21H28N4O/c1-15-9-16(2)11-18(10-15)24-21(22)23-13-17-7-8-25(14-17)19-5-4-6-20(12-19)26-3/h4-6,9-12,17H,7-8,13-14H2,1-3H3,(H3,22,23,24). The zero-order chi connectivity index (χ0) is 18.5. The molecule has 1 unspecified atom stereocenters. The number of guanidine groups is 1. The fourth-order valence-electron chi connectivity index (χ4n) is 3.49. The minimum atomic E-state index is 0.481. The van der Waals surface area contributed by atoms with E-state index in [2.05, 4.69) is 59.4 Å². The summed E-state index contributed by atoms with van der Waals surface area (Å²) in [7, 11) is 1.70. The Labute approximate surface area is 155 Å². The molecular formula is C21H28N4O. The summed E-state index contributed by atoms with van der Waals surface area (Å²) in [5.74, 6) is 1.89. The van der Waals surface area contributed by atoms with Crippen LogP contribution in [0.4, 0.5) is 11.4 Å². The summed E-state index contributed by atoms with van der Waals surface area (Å²) in [5, 5.41) is 3.20. The van der Waals surface area contributed by atoms with Crippen molar-refractivity contribution < 1.29 is 4.74 Å². The van der Waals surface area contributed by atoms with E-state index in [9.17, 15) is 0 Å². The van der Waals surface area contributed by atoms with Crippen LogP contribution in [-0.4, -0.2) is 32.7 Å². The van der Waals surface area contributed by atoms with Crippen molar-refractivity contribution in [3.63, 3.8) is 0 Å². The van der Waals surface area contributed by atoms with Crippen LogP contribution in [-0.2, 0) is 0 Å². The summed E-state index contributed by atoms with van der Waals surface area (Å²) >= 11 is 0. The predicted molar refractivity (Wildman–Crippen MR) is 109 cm³/mol.